The van der Waals surface area contributed by atoms with E-state index < -0.39 is 10.0 Å². The maximum absolute atomic E-state index is 12.1. The Balaban J connectivity index is 1.83. The van der Waals surface area contributed by atoms with Crippen molar-refractivity contribution < 1.29 is 8.42 Å². The SMILES string of the molecule is CN(CCNS(=O)(=O)c1c[nH]c(CN)c1)C1CCCC1. The molecule has 0 bridgehead atoms. The minimum absolute atomic E-state index is 0.251. The van der Waals surface area contributed by atoms with Crippen molar-refractivity contribution in [3.05, 3.63) is 18.0 Å². The lowest BCUT2D eigenvalue weighted by atomic mass is 10.2. The zero-order chi connectivity index (χ0) is 14.6. The Morgan fingerprint density at radius 3 is 2.75 bits per heavy atom. The molecule has 114 valence electrons. The fourth-order valence-electron chi connectivity index (χ4n) is 2.66. The Bertz CT molecular complexity index is 520. The van der Waals surface area contributed by atoms with E-state index in [2.05, 4.69) is 21.7 Å². The first kappa shape index (κ1) is 15.5. The predicted octanol–water partition coefficient (Wildman–Crippen LogP) is 0.626. The molecule has 0 unspecified atom stereocenters. The molecule has 1 fully saturated rings. The molecule has 1 saturated carbocycles. The fourth-order valence-corrected chi connectivity index (χ4v) is 3.70. The van der Waals surface area contributed by atoms with Gasteiger partial charge in [-0.05, 0) is 26.0 Å². The van der Waals surface area contributed by atoms with Gasteiger partial charge in [0.2, 0.25) is 10.0 Å². The van der Waals surface area contributed by atoms with E-state index in [1.165, 1.54) is 31.9 Å². The first-order valence-corrected chi connectivity index (χ1v) is 8.58. The van der Waals surface area contributed by atoms with Crippen LogP contribution in [-0.2, 0) is 16.6 Å². The summed E-state index contributed by atoms with van der Waals surface area (Å²) in [5.41, 5.74) is 6.18. The Morgan fingerprint density at radius 1 is 1.45 bits per heavy atom. The highest BCUT2D eigenvalue weighted by Crippen LogP contribution is 2.21. The van der Waals surface area contributed by atoms with E-state index >= 15 is 0 Å². The van der Waals surface area contributed by atoms with Crippen LogP contribution in [0.5, 0.6) is 0 Å². The molecule has 0 spiro atoms. The third-order valence-corrected chi connectivity index (χ3v) is 5.39. The minimum Gasteiger partial charge on any atom is -0.363 e. The number of nitrogens with two attached hydrogens (primary N) is 1. The highest BCUT2D eigenvalue weighted by molar-refractivity contribution is 7.89. The Hall–Kier alpha value is -0.890. The molecule has 0 aliphatic heterocycles. The highest BCUT2D eigenvalue weighted by Gasteiger charge is 2.20. The molecule has 0 saturated heterocycles. The smallest absolute Gasteiger partial charge is 0.242 e. The van der Waals surface area contributed by atoms with Gasteiger partial charge >= 0.3 is 0 Å². The molecule has 1 aromatic heterocycles. The van der Waals surface area contributed by atoms with Crippen LogP contribution in [0, 0.1) is 0 Å². The number of aromatic amines is 1. The van der Waals surface area contributed by atoms with Crippen LogP contribution < -0.4 is 10.5 Å². The second-order valence-electron chi connectivity index (χ2n) is 5.38. The number of H-pyrrole nitrogens is 1. The maximum Gasteiger partial charge on any atom is 0.242 e. The lowest BCUT2D eigenvalue weighted by Crippen LogP contribution is -2.37. The number of hydrogen-bond donors (Lipinski definition) is 3. The molecule has 0 radical (unpaired) electrons. The largest absolute Gasteiger partial charge is 0.363 e. The normalized spacial score (nSPS) is 17.1. The third-order valence-electron chi connectivity index (χ3n) is 3.95. The van der Waals surface area contributed by atoms with Gasteiger partial charge in [0.05, 0.1) is 4.90 Å². The molecule has 20 heavy (non-hydrogen) atoms. The Kier molecular flexibility index (Phi) is 5.20. The summed E-state index contributed by atoms with van der Waals surface area (Å²) < 4.78 is 26.8. The van der Waals surface area contributed by atoms with E-state index in [0.29, 0.717) is 24.8 Å². The van der Waals surface area contributed by atoms with E-state index in [0.717, 1.165) is 6.54 Å². The molecule has 0 amide bonds. The van der Waals surface area contributed by atoms with Gasteiger partial charge in [0, 0.05) is 37.6 Å². The van der Waals surface area contributed by atoms with E-state index in [1.807, 2.05) is 0 Å². The van der Waals surface area contributed by atoms with Gasteiger partial charge in [0.1, 0.15) is 0 Å². The number of rotatable bonds is 7. The minimum atomic E-state index is -3.43. The molecule has 6 nitrogen and oxygen atoms in total. The van der Waals surface area contributed by atoms with E-state index in [9.17, 15) is 8.42 Å². The van der Waals surface area contributed by atoms with Crippen molar-refractivity contribution in [1.29, 1.82) is 0 Å². The average molecular weight is 300 g/mol. The number of nitrogens with one attached hydrogen (secondary N) is 2. The summed E-state index contributed by atoms with van der Waals surface area (Å²) >= 11 is 0. The summed E-state index contributed by atoms with van der Waals surface area (Å²) in [6, 6.07) is 2.18. The summed E-state index contributed by atoms with van der Waals surface area (Å²) in [4.78, 5) is 5.35. The van der Waals surface area contributed by atoms with E-state index in [-0.39, 0.29) is 4.90 Å². The second kappa shape index (κ2) is 6.71. The van der Waals surface area contributed by atoms with Crippen LogP contribution in [0.1, 0.15) is 31.4 Å². The summed E-state index contributed by atoms with van der Waals surface area (Å²) in [7, 11) is -1.37. The number of hydrogen-bond acceptors (Lipinski definition) is 4. The fraction of sp³-hybridized carbons (Fsp3) is 0.692. The van der Waals surface area contributed by atoms with Gasteiger partial charge in [-0.25, -0.2) is 13.1 Å². The monoisotopic (exact) mass is 300 g/mol. The number of sulfonamides is 1. The van der Waals surface area contributed by atoms with Crippen molar-refractivity contribution in [2.45, 2.75) is 43.2 Å². The summed E-state index contributed by atoms with van der Waals surface area (Å²) in [5, 5.41) is 0. The molecule has 0 aromatic carbocycles. The van der Waals surface area contributed by atoms with Crippen LogP contribution >= 0.6 is 0 Å². The second-order valence-corrected chi connectivity index (χ2v) is 7.15. The van der Waals surface area contributed by atoms with Crippen molar-refractivity contribution in [2.24, 2.45) is 5.73 Å². The highest BCUT2D eigenvalue weighted by atomic mass is 32.2. The van der Waals surface area contributed by atoms with Crippen LogP contribution in [0.15, 0.2) is 17.2 Å². The van der Waals surface area contributed by atoms with Crippen LogP contribution in [0.25, 0.3) is 0 Å². The average Bonchev–Trinajstić information content (AvgIpc) is 3.10. The molecular formula is C13H24N4O2S. The molecule has 1 aromatic rings. The van der Waals surface area contributed by atoms with Gasteiger partial charge in [-0.2, -0.15) is 0 Å². The summed E-state index contributed by atoms with van der Waals surface area (Å²) in [6.07, 6.45) is 6.49. The first-order chi connectivity index (χ1) is 9.53. The molecule has 0 atom stereocenters. The van der Waals surface area contributed by atoms with Gasteiger partial charge in [-0.3, -0.25) is 0 Å². The van der Waals surface area contributed by atoms with Crippen molar-refractivity contribution in [1.82, 2.24) is 14.6 Å². The molecule has 1 heterocycles. The Labute approximate surface area is 120 Å². The van der Waals surface area contributed by atoms with Gasteiger partial charge in [-0.15, -0.1) is 0 Å². The molecule has 4 N–H and O–H groups in total. The van der Waals surface area contributed by atoms with Crippen LogP contribution in [-0.4, -0.2) is 44.5 Å². The maximum atomic E-state index is 12.1. The molecule has 7 heteroatoms. The lowest BCUT2D eigenvalue weighted by molar-refractivity contribution is 0.250. The summed E-state index contributed by atoms with van der Waals surface area (Å²) in [6.45, 7) is 1.47. The number of nitrogens with zero attached hydrogens (tertiary/aromatic N) is 1. The van der Waals surface area contributed by atoms with E-state index in [4.69, 9.17) is 5.73 Å². The van der Waals surface area contributed by atoms with E-state index in [1.54, 1.807) is 6.07 Å². The van der Waals surface area contributed by atoms with Gasteiger partial charge in [0.25, 0.3) is 0 Å². The molecular weight excluding hydrogens is 276 g/mol. The topological polar surface area (TPSA) is 91.2 Å². The first-order valence-electron chi connectivity index (χ1n) is 7.10. The lowest BCUT2D eigenvalue weighted by Gasteiger charge is -2.23. The predicted molar refractivity (Wildman–Crippen MR) is 78.8 cm³/mol. The third kappa shape index (κ3) is 3.82. The zero-order valence-corrected chi connectivity index (χ0v) is 12.7. The van der Waals surface area contributed by atoms with Crippen molar-refractivity contribution in [3.63, 3.8) is 0 Å². The van der Waals surface area contributed by atoms with Crippen molar-refractivity contribution in [3.8, 4) is 0 Å². The van der Waals surface area contributed by atoms with Gasteiger partial charge < -0.3 is 15.6 Å². The molecule has 1 aliphatic carbocycles. The van der Waals surface area contributed by atoms with Gasteiger partial charge in [0.15, 0.2) is 0 Å². The van der Waals surface area contributed by atoms with Crippen molar-refractivity contribution in [2.75, 3.05) is 20.1 Å². The van der Waals surface area contributed by atoms with Crippen LogP contribution in [0.2, 0.25) is 0 Å². The Morgan fingerprint density at radius 2 is 2.15 bits per heavy atom. The van der Waals surface area contributed by atoms with Gasteiger partial charge in [-0.1, -0.05) is 12.8 Å². The molecule has 1 aliphatic rings. The number of aromatic nitrogens is 1. The standard InChI is InChI=1S/C13H24N4O2S/c1-17(12-4-2-3-5-12)7-6-16-20(18,19)13-8-11(9-14)15-10-13/h8,10,12,15-16H,2-7,9,14H2,1H3. The molecule has 2 rings (SSSR count). The van der Waals surface area contributed by atoms with Crippen LogP contribution in [0.4, 0.5) is 0 Å². The van der Waals surface area contributed by atoms with Crippen LogP contribution in [0.3, 0.4) is 0 Å². The quantitative estimate of drug-likeness (QED) is 0.688. The zero-order valence-electron chi connectivity index (χ0n) is 11.9. The van der Waals surface area contributed by atoms with Crippen molar-refractivity contribution >= 4 is 10.0 Å². The number of likely N-dealkylation sites (N-methyl/N-ethyl adjacent to an activating group) is 1. The summed E-state index contributed by atoms with van der Waals surface area (Å²) in [5.74, 6) is 0.